The standard InChI is InChI=1S/C16H14N6O5S/c17-19-16(23)14-9-21(11-5-7-13(8-6-11)28(18,26)27)20-15(14)10-1-3-12(4-2-10)22(24)25/h1-9H,17H2,(H,19,23)(H2,18,26,27). The molecule has 0 aliphatic heterocycles. The van der Waals surface area contributed by atoms with Crippen LogP contribution in [-0.2, 0) is 10.0 Å². The van der Waals surface area contributed by atoms with E-state index in [1.165, 1.54) is 59.4 Å². The Kier molecular flexibility index (Phi) is 4.92. The van der Waals surface area contributed by atoms with Gasteiger partial charge in [-0.15, -0.1) is 0 Å². The Balaban J connectivity index is 2.07. The number of non-ortho nitro benzene ring substituents is 1. The number of hydrogen-bond acceptors (Lipinski definition) is 7. The summed E-state index contributed by atoms with van der Waals surface area (Å²) < 4.78 is 24.1. The van der Waals surface area contributed by atoms with Gasteiger partial charge in [-0.05, 0) is 36.4 Å². The van der Waals surface area contributed by atoms with Gasteiger partial charge in [0.1, 0.15) is 5.69 Å². The Morgan fingerprint density at radius 3 is 2.21 bits per heavy atom. The summed E-state index contributed by atoms with van der Waals surface area (Å²) in [6.45, 7) is 0. The molecule has 11 nitrogen and oxygen atoms in total. The summed E-state index contributed by atoms with van der Waals surface area (Å²) in [5.41, 5.74) is 3.22. The molecule has 1 heterocycles. The summed E-state index contributed by atoms with van der Waals surface area (Å²) >= 11 is 0. The van der Waals surface area contributed by atoms with Crippen LogP contribution >= 0.6 is 0 Å². The van der Waals surface area contributed by atoms with Crippen LogP contribution < -0.4 is 16.4 Å². The van der Waals surface area contributed by atoms with Crippen LogP contribution in [0.3, 0.4) is 0 Å². The van der Waals surface area contributed by atoms with Crippen LogP contribution in [0, 0.1) is 10.1 Å². The number of hydrogen-bond donors (Lipinski definition) is 3. The molecule has 0 saturated heterocycles. The maximum absolute atomic E-state index is 12.1. The number of carbonyl (C=O) groups is 1. The van der Waals surface area contributed by atoms with Crippen molar-refractivity contribution in [2.24, 2.45) is 11.0 Å². The summed E-state index contributed by atoms with van der Waals surface area (Å²) in [6.07, 6.45) is 1.41. The lowest BCUT2D eigenvalue weighted by molar-refractivity contribution is -0.384. The Hall–Kier alpha value is -3.61. The predicted octanol–water partition coefficient (Wildman–Crippen LogP) is 0.698. The second-order valence-corrected chi connectivity index (χ2v) is 7.21. The van der Waals surface area contributed by atoms with E-state index >= 15 is 0 Å². The Bertz CT molecular complexity index is 1150. The number of nitrogens with zero attached hydrogens (tertiary/aromatic N) is 3. The minimum atomic E-state index is -3.84. The number of hydrazine groups is 1. The van der Waals surface area contributed by atoms with Crippen LogP contribution in [0.25, 0.3) is 16.9 Å². The number of rotatable bonds is 5. The molecule has 3 aromatic rings. The van der Waals surface area contributed by atoms with Gasteiger partial charge in [-0.25, -0.2) is 24.1 Å². The molecule has 0 spiro atoms. The first-order chi connectivity index (χ1) is 13.2. The highest BCUT2D eigenvalue weighted by Gasteiger charge is 2.19. The van der Waals surface area contributed by atoms with Crippen molar-refractivity contribution in [2.45, 2.75) is 4.90 Å². The van der Waals surface area contributed by atoms with Crippen LogP contribution in [0.1, 0.15) is 10.4 Å². The van der Waals surface area contributed by atoms with Gasteiger partial charge < -0.3 is 0 Å². The highest BCUT2D eigenvalue weighted by molar-refractivity contribution is 7.89. The number of sulfonamides is 1. The fourth-order valence-electron chi connectivity index (χ4n) is 2.49. The van der Waals surface area contributed by atoms with E-state index in [4.69, 9.17) is 11.0 Å². The zero-order valence-electron chi connectivity index (χ0n) is 14.1. The first-order valence-electron chi connectivity index (χ1n) is 7.69. The number of nitrogens with one attached hydrogen (secondary N) is 1. The van der Waals surface area contributed by atoms with Crippen molar-refractivity contribution >= 4 is 21.6 Å². The molecule has 0 fully saturated rings. The molecule has 2 aromatic carbocycles. The fourth-order valence-corrected chi connectivity index (χ4v) is 3.01. The monoisotopic (exact) mass is 402 g/mol. The molecule has 5 N–H and O–H groups in total. The average molecular weight is 402 g/mol. The van der Waals surface area contributed by atoms with Gasteiger partial charge in [0.2, 0.25) is 10.0 Å². The van der Waals surface area contributed by atoms with Gasteiger partial charge in [0, 0.05) is 23.9 Å². The highest BCUT2D eigenvalue weighted by atomic mass is 32.2. The number of primary sulfonamides is 1. The summed E-state index contributed by atoms with van der Waals surface area (Å²) in [7, 11) is -3.84. The van der Waals surface area contributed by atoms with Crippen molar-refractivity contribution in [3.63, 3.8) is 0 Å². The number of carbonyl (C=O) groups excluding carboxylic acids is 1. The second-order valence-electron chi connectivity index (χ2n) is 5.65. The zero-order valence-corrected chi connectivity index (χ0v) is 15.0. The summed E-state index contributed by atoms with van der Waals surface area (Å²) in [5.74, 6) is 4.61. The summed E-state index contributed by atoms with van der Waals surface area (Å²) in [4.78, 5) is 22.3. The maximum Gasteiger partial charge on any atom is 0.269 e. The lowest BCUT2D eigenvalue weighted by Crippen LogP contribution is -2.30. The molecule has 28 heavy (non-hydrogen) atoms. The fraction of sp³-hybridized carbons (Fsp3) is 0. The Morgan fingerprint density at radius 2 is 1.71 bits per heavy atom. The maximum atomic E-state index is 12.1. The lowest BCUT2D eigenvalue weighted by Gasteiger charge is -2.03. The molecular formula is C16H14N6O5S. The molecule has 0 aliphatic carbocycles. The minimum Gasteiger partial charge on any atom is -0.290 e. The summed E-state index contributed by atoms with van der Waals surface area (Å²) in [5, 5.41) is 20.2. The molecule has 0 bridgehead atoms. The van der Waals surface area contributed by atoms with Crippen molar-refractivity contribution in [3.05, 3.63) is 70.4 Å². The molecule has 0 atom stereocenters. The minimum absolute atomic E-state index is 0.0704. The molecule has 1 aromatic heterocycles. The molecule has 1 amide bonds. The van der Waals surface area contributed by atoms with E-state index in [2.05, 4.69) is 5.10 Å². The van der Waals surface area contributed by atoms with Crippen LogP contribution in [0.15, 0.2) is 59.6 Å². The smallest absolute Gasteiger partial charge is 0.269 e. The SMILES string of the molecule is NNC(=O)c1cn(-c2ccc(S(N)(=O)=O)cc2)nc1-c1ccc([N+](=O)[O-])cc1. The average Bonchev–Trinajstić information content (AvgIpc) is 3.12. The molecule has 3 rings (SSSR count). The van der Waals surface area contributed by atoms with E-state index in [0.29, 0.717) is 11.3 Å². The molecule has 0 radical (unpaired) electrons. The van der Waals surface area contributed by atoms with Crippen molar-refractivity contribution in [3.8, 4) is 16.9 Å². The normalized spacial score (nSPS) is 11.2. The first kappa shape index (κ1) is 19.2. The topological polar surface area (TPSA) is 176 Å². The van der Waals surface area contributed by atoms with Crippen LogP contribution in [-0.4, -0.2) is 29.0 Å². The van der Waals surface area contributed by atoms with Crippen molar-refractivity contribution in [1.29, 1.82) is 0 Å². The van der Waals surface area contributed by atoms with Gasteiger partial charge in [-0.1, -0.05) is 0 Å². The van der Waals surface area contributed by atoms with Crippen LogP contribution in [0.5, 0.6) is 0 Å². The molecule has 0 saturated carbocycles. The van der Waals surface area contributed by atoms with E-state index in [1.54, 1.807) is 0 Å². The third kappa shape index (κ3) is 3.73. The largest absolute Gasteiger partial charge is 0.290 e. The van der Waals surface area contributed by atoms with E-state index in [-0.39, 0.29) is 21.8 Å². The molecule has 12 heteroatoms. The number of nitrogens with two attached hydrogens (primary N) is 2. The predicted molar refractivity (Wildman–Crippen MR) is 98.7 cm³/mol. The van der Waals surface area contributed by atoms with Crippen LogP contribution in [0.4, 0.5) is 5.69 Å². The van der Waals surface area contributed by atoms with Crippen molar-refractivity contribution < 1.29 is 18.1 Å². The van der Waals surface area contributed by atoms with Gasteiger partial charge >= 0.3 is 0 Å². The molecular weight excluding hydrogens is 388 g/mol. The third-order valence-corrected chi connectivity index (χ3v) is 4.80. The quantitative estimate of drug-likeness (QED) is 0.243. The van der Waals surface area contributed by atoms with Crippen LogP contribution in [0.2, 0.25) is 0 Å². The van der Waals surface area contributed by atoms with Gasteiger partial charge in [0.05, 0.1) is 21.1 Å². The molecule has 144 valence electrons. The van der Waals surface area contributed by atoms with E-state index in [1.807, 2.05) is 5.43 Å². The van der Waals surface area contributed by atoms with E-state index < -0.39 is 20.9 Å². The van der Waals surface area contributed by atoms with Crippen molar-refractivity contribution in [2.75, 3.05) is 0 Å². The zero-order chi connectivity index (χ0) is 20.5. The number of benzene rings is 2. The van der Waals surface area contributed by atoms with Gasteiger partial charge in [-0.3, -0.25) is 20.3 Å². The number of nitro groups is 1. The van der Waals surface area contributed by atoms with Gasteiger partial charge in [0.15, 0.2) is 0 Å². The lowest BCUT2D eigenvalue weighted by atomic mass is 10.1. The Labute approximate surface area is 158 Å². The number of nitro benzene ring substituents is 1. The van der Waals surface area contributed by atoms with Gasteiger partial charge in [-0.2, -0.15) is 5.10 Å². The molecule has 0 unspecified atom stereocenters. The van der Waals surface area contributed by atoms with Crippen molar-refractivity contribution in [1.82, 2.24) is 15.2 Å². The van der Waals surface area contributed by atoms with Gasteiger partial charge in [0.25, 0.3) is 11.6 Å². The number of aromatic nitrogens is 2. The highest BCUT2D eigenvalue weighted by Crippen LogP contribution is 2.26. The third-order valence-electron chi connectivity index (χ3n) is 3.87. The second kappa shape index (κ2) is 7.19. The van der Waals surface area contributed by atoms with E-state index in [9.17, 15) is 23.3 Å². The molecule has 0 aliphatic rings. The Morgan fingerprint density at radius 1 is 1.11 bits per heavy atom. The van der Waals surface area contributed by atoms with E-state index in [0.717, 1.165) is 0 Å². The number of amides is 1. The number of nitrogen functional groups attached to an aromatic ring is 1. The first-order valence-corrected chi connectivity index (χ1v) is 9.24. The summed E-state index contributed by atoms with van der Waals surface area (Å²) in [6, 6.07) is 11.1.